The van der Waals surface area contributed by atoms with Gasteiger partial charge in [-0.3, -0.25) is 0 Å². The van der Waals surface area contributed by atoms with Crippen molar-refractivity contribution >= 4 is 23.2 Å². The van der Waals surface area contributed by atoms with E-state index in [9.17, 15) is 0 Å². The summed E-state index contributed by atoms with van der Waals surface area (Å²) in [5, 5.41) is 4.09. The number of rotatable bonds is 6. The first-order valence-corrected chi connectivity index (χ1v) is 7.50. The molecule has 1 unspecified atom stereocenters. The minimum atomic E-state index is 0.328. The predicted octanol–water partition coefficient (Wildman–Crippen LogP) is 4.37. The van der Waals surface area contributed by atoms with Gasteiger partial charge in [0.05, 0.1) is 5.03 Å². The van der Waals surface area contributed by atoms with Gasteiger partial charge in [0.15, 0.2) is 0 Å². The third-order valence-corrected chi connectivity index (χ3v) is 3.95. The predicted molar refractivity (Wildman–Crippen MR) is 81.1 cm³/mol. The lowest BCUT2D eigenvalue weighted by Crippen LogP contribution is -2.19. The summed E-state index contributed by atoms with van der Waals surface area (Å²) in [6, 6.07) is 6.68. The van der Waals surface area contributed by atoms with Gasteiger partial charge in [-0.1, -0.05) is 42.3 Å². The summed E-state index contributed by atoms with van der Waals surface area (Å²) in [4.78, 5) is 0. The summed E-state index contributed by atoms with van der Waals surface area (Å²) < 4.78 is 5.74. The summed E-state index contributed by atoms with van der Waals surface area (Å²) in [5.74, 6) is 0.926. The maximum atomic E-state index is 5.86. The van der Waals surface area contributed by atoms with Crippen LogP contribution < -0.4 is 10.1 Å². The molecule has 1 aliphatic rings. The van der Waals surface area contributed by atoms with Crippen LogP contribution in [0.5, 0.6) is 5.75 Å². The molecule has 104 valence electrons. The first-order chi connectivity index (χ1) is 9.26. The molecule has 0 saturated heterocycles. The van der Waals surface area contributed by atoms with Crippen LogP contribution in [0.15, 0.2) is 28.8 Å². The molecule has 4 heteroatoms. The Bertz CT molecular complexity index is 459. The van der Waals surface area contributed by atoms with E-state index in [2.05, 4.69) is 18.3 Å². The van der Waals surface area contributed by atoms with Crippen molar-refractivity contribution < 1.29 is 4.74 Å². The fraction of sp³-hybridized carbons (Fsp3) is 0.467. The fourth-order valence-electron chi connectivity index (χ4n) is 2.46. The highest BCUT2D eigenvalue weighted by Gasteiger charge is 2.24. The number of fused-ring (bicyclic) bond motifs is 1. The maximum absolute atomic E-state index is 5.86. The molecule has 2 nitrogen and oxygen atoms in total. The molecular weight excluding hydrogens is 281 g/mol. The van der Waals surface area contributed by atoms with Crippen molar-refractivity contribution in [2.45, 2.75) is 32.2 Å². The van der Waals surface area contributed by atoms with Gasteiger partial charge in [-0.05, 0) is 43.0 Å². The second kappa shape index (κ2) is 7.18. The smallest absolute Gasteiger partial charge is 0.125 e. The Labute approximate surface area is 124 Å². The van der Waals surface area contributed by atoms with Crippen molar-refractivity contribution in [1.82, 2.24) is 5.32 Å². The molecule has 0 amide bonds. The van der Waals surface area contributed by atoms with E-state index < -0.39 is 0 Å². The number of hydrogen-bond acceptors (Lipinski definition) is 2. The second-order valence-electron chi connectivity index (χ2n) is 4.71. The van der Waals surface area contributed by atoms with Crippen LogP contribution in [0.1, 0.15) is 36.9 Å². The molecule has 0 fully saturated rings. The number of benzene rings is 1. The van der Waals surface area contributed by atoms with Gasteiger partial charge in [-0.15, -0.1) is 0 Å². The number of nitrogens with one attached hydrogen (secondary N) is 1. The minimum absolute atomic E-state index is 0.328. The van der Waals surface area contributed by atoms with E-state index >= 15 is 0 Å². The highest BCUT2D eigenvalue weighted by molar-refractivity contribution is 6.36. The standard InChI is InChI=1S/C15H19Cl2NO/c1-2-8-18-14-7-6-13-12(14)4-3-5-15(13)19-10-11(17)9-16/h3-5,9,14,18H,2,6-8,10H2,1H3. The molecule has 0 spiro atoms. The van der Waals surface area contributed by atoms with Crippen LogP contribution >= 0.6 is 23.2 Å². The molecule has 0 heterocycles. The lowest BCUT2D eigenvalue weighted by molar-refractivity contribution is 0.356. The average Bonchev–Trinajstić information content (AvgIpc) is 2.86. The molecule has 19 heavy (non-hydrogen) atoms. The lowest BCUT2D eigenvalue weighted by atomic mass is 10.1. The Hall–Kier alpha value is -0.700. The third kappa shape index (κ3) is 3.65. The molecule has 0 radical (unpaired) electrons. The zero-order valence-corrected chi connectivity index (χ0v) is 12.6. The minimum Gasteiger partial charge on any atom is -0.488 e. The molecule has 0 saturated carbocycles. The van der Waals surface area contributed by atoms with E-state index in [-0.39, 0.29) is 0 Å². The fourth-order valence-corrected chi connectivity index (χ4v) is 2.58. The molecule has 1 aliphatic carbocycles. The van der Waals surface area contributed by atoms with Gasteiger partial charge in [0.25, 0.3) is 0 Å². The van der Waals surface area contributed by atoms with Gasteiger partial charge < -0.3 is 10.1 Å². The first kappa shape index (κ1) is 14.7. The summed E-state index contributed by atoms with van der Waals surface area (Å²) in [6.45, 7) is 3.56. The van der Waals surface area contributed by atoms with E-state index in [0.29, 0.717) is 17.7 Å². The molecule has 1 aromatic carbocycles. The Morgan fingerprint density at radius 2 is 2.37 bits per heavy atom. The molecule has 2 rings (SSSR count). The summed E-state index contributed by atoms with van der Waals surface area (Å²) in [5.41, 5.74) is 4.00. The summed E-state index contributed by atoms with van der Waals surface area (Å²) in [7, 11) is 0. The molecular formula is C15H19Cl2NO. The van der Waals surface area contributed by atoms with Crippen LogP contribution in [0.3, 0.4) is 0 Å². The molecule has 1 aromatic rings. The Morgan fingerprint density at radius 3 is 3.11 bits per heavy atom. The van der Waals surface area contributed by atoms with E-state index in [1.807, 2.05) is 12.1 Å². The maximum Gasteiger partial charge on any atom is 0.125 e. The molecule has 1 atom stereocenters. The van der Waals surface area contributed by atoms with Gasteiger partial charge in [-0.2, -0.15) is 0 Å². The Kier molecular flexibility index (Phi) is 5.56. The number of hydrogen-bond donors (Lipinski definition) is 1. The number of ether oxygens (including phenoxy) is 1. The van der Waals surface area contributed by atoms with Crippen molar-refractivity contribution in [3.8, 4) is 5.75 Å². The SMILES string of the molecule is CCCNC1CCc2c(OCC(Cl)=CCl)cccc21. The van der Waals surface area contributed by atoms with Crippen LogP contribution in [-0.4, -0.2) is 13.2 Å². The first-order valence-electron chi connectivity index (χ1n) is 6.69. The van der Waals surface area contributed by atoms with Crippen molar-refractivity contribution in [3.05, 3.63) is 39.9 Å². The van der Waals surface area contributed by atoms with E-state index in [4.69, 9.17) is 27.9 Å². The molecule has 0 aliphatic heterocycles. The van der Waals surface area contributed by atoms with Crippen molar-refractivity contribution in [2.24, 2.45) is 0 Å². The largest absolute Gasteiger partial charge is 0.488 e. The summed E-state index contributed by atoms with van der Waals surface area (Å²) >= 11 is 11.4. The van der Waals surface area contributed by atoms with Crippen molar-refractivity contribution in [2.75, 3.05) is 13.2 Å². The monoisotopic (exact) mass is 299 g/mol. The highest BCUT2D eigenvalue weighted by Crippen LogP contribution is 2.37. The quantitative estimate of drug-likeness (QED) is 0.842. The molecule has 1 N–H and O–H groups in total. The lowest BCUT2D eigenvalue weighted by Gasteiger charge is -2.14. The van der Waals surface area contributed by atoms with Crippen molar-refractivity contribution in [3.63, 3.8) is 0 Å². The summed E-state index contributed by atoms with van der Waals surface area (Å²) in [6.07, 6.45) is 3.34. The Balaban J connectivity index is 2.09. The van der Waals surface area contributed by atoms with Crippen LogP contribution in [0.2, 0.25) is 0 Å². The molecule has 0 aromatic heterocycles. The van der Waals surface area contributed by atoms with E-state index in [1.54, 1.807) is 0 Å². The van der Waals surface area contributed by atoms with E-state index in [0.717, 1.165) is 31.6 Å². The highest BCUT2D eigenvalue weighted by atomic mass is 35.5. The van der Waals surface area contributed by atoms with Gasteiger partial charge in [0.1, 0.15) is 12.4 Å². The van der Waals surface area contributed by atoms with Gasteiger partial charge in [0, 0.05) is 11.6 Å². The Morgan fingerprint density at radius 1 is 1.53 bits per heavy atom. The zero-order chi connectivity index (χ0) is 13.7. The average molecular weight is 300 g/mol. The van der Waals surface area contributed by atoms with Crippen LogP contribution in [0.4, 0.5) is 0 Å². The van der Waals surface area contributed by atoms with Crippen molar-refractivity contribution in [1.29, 1.82) is 0 Å². The third-order valence-electron chi connectivity index (χ3n) is 3.35. The van der Waals surface area contributed by atoms with Crippen LogP contribution in [0, 0.1) is 0 Å². The normalized spacial score (nSPS) is 18.5. The number of halogens is 2. The van der Waals surface area contributed by atoms with Crippen LogP contribution in [0.25, 0.3) is 0 Å². The van der Waals surface area contributed by atoms with Gasteiger partial charge >= 0.3 is 0 Å². The van der Waals surface area contributed by atoms with Gasteiger partial charge in [-0.25, -0.2) is 0 Å². The van der Waals surface area contributed by atoms with E-state index in [1.165, 1.54) is 16.7 Å². The zero-order valence-electron chi connectivity index (χ0n) is 11.1. The molecule has 0 bridgehead atoms. The van der Waals surface area contributed by atoms with Crippen LogP contribution in [-0.2, 0) is 6.42 Å². The topological polar surface area (TPSA) is 21.3 Å². The second-order valence-corrected chi connectivity index (χ2v) is 5.42. The van der Waals surface area contributed by atoms with Gasteiger partial charge in [0.2, 0.25) is 0 Å².